The van der Waals surface area contributed by atoms with Gasteiger partial charge in [0, 0.05) is 0 Å². The van der Waals surface area contributed by atoms with Gasteiger partial charge < -0.3 is 0 Å². The zero-order valence-corrected chi connectivity index (χ0v) is 11.9. The molecule has 0 aromatic heterocycles. The van der Waals surface area contributed by atoms with E-state index in [2.05, 4.69) is 34.6 Å². The standard InChI is InChI=1S/C16H30/c1-10(2)13-8-15(11(3)4)14-7-6-12(5)16(14)9-13/h10-16H,6-9H2,1-5H3. The molecule has 0 amide bonds. The van der Waals surface area contributed by atoms with Crippen molar-refractivity contribution in [3.63, 3.8) is 0 Å². The molecule has 0 spiro atoms. The van der Waals surface area contributed by atoms with Gasteiger partial charge in [-0.1, -0.05) is 41.0 Å². The molecule has 5 atom stereocenters. The molecule has 0 radical (unpaired) electrons. The normalized spacial score (nSPS) is 44.1. The number of hydrogen-bond donors (Lipinski definition) is 0. The molecule has 0 aromatic rings. The molecule has 0 heteroatoms. The zero-order chi connectivity index (χ0) is 11.9. The molecule has 0 N–H and O–H groups in total. The van der Waals surface area contributed by atoms with Gasteiger partial charge in [-0.05, 0) is 60.7 Å². The van der Waals surface area contributed by atoms with Crippen LogP contribution in [0, 0.1) is 41.4 Å². The summed E-state index contributed by atoms with van der Waals surface area (Å²) in [5.41, 5.74) is 0. The van der Waals surface area contributed by atoms with Crippen molar-refractivity contribution in [2.24, 2.45) is 41.4 Å². The minimum absolute atomic E-state index is 0.898. The first-order chi connectivity index (χ1) is 7.50. The Balaban J connectivity index is 2.13. The van der Waals surface area contributed by atoms with Crippen LogP contribution < -0.4 is 0 Å². The van der Waals surface area contributed by atoms with Crippen LogP contribution in [0.3, 0.4) is 0 Å². The summed E-state index contributed by atoms with van der Waals surface area (Å²) < 4.78 is 0. The maximum Gasteiger partial charge on any atom is -0.0352 e. The molecule has 0 bridgehead atoms. The van der Waals surface area contributed by atoms with Gasteiger partial charge in [-0.25, -0.2) is 0 Å². The van der Waals surface area contributed by atoms with Crippen molar-refractivity contribution in [3.05, 3.63) is 0 Å². The lowest BCUT2D eigenvalue weighted by Gasteiger charge is -2.43. The number of rotatable bonds is 2. The molecule has 2 fully saturated rings. The van der Waals surface area contributed by atoms with E-state index in [0.29, 0.717) is 0 Å². The zero-order valence-electron chi connectivity index (χ0n) is 11.9. The number of fused-ring (bicyclic) bond motifs is 1. The van der Waals surface area contributed by atoms with Crippen molar-refractivity contribution >= 4 is 0 Å². The van der Waals surface area contributed by atoms with Crippen molar-refractivity contribution in [2.75, 3.05) is 0 Å². The Labute approximate surface area is 102 Å². The third-order valence-corrected chi connectivity index (χ3v) is 5.74. The first kappa shape index (κ1) is 12.5. The average molecular weight is 222 g/mol. The van der Waals surface area contributed by atoms with Gasteiger partial charge in [-0.15, -0.1) is 0 Å². The smallest absolute Gasteiger partial charge is 0.0352 e. The second-order valence-electron chi connectivity index (χ2n) is 7.27. The Morgan fingerprint density at radius 3 is 2.06 bits per heavy atom. The quantitative estimate of drug-likeness (QED) is 0.617. The van der Waals surface area contributed by atoms with E-state index in [1.807, 2.05) is 0 Å². The van der Waals surface area contributed by atoms with Gasteiger partial charge >= 0.3 is 0 Å². The van der Waals surface area contributed by atoms with Crippen LogP contribution >= 0.6 is 0 Å². The molecule has 94 valence electrons. The fourth-order valence-electron chi connectivity index (χ4n) is 4.53. The molecule has 0 aliphatic heterocycles. The van der Waals surface area contributed by atoms with E-state index >= 15 is 0 Å². The molecular weight excluding hydrogens is 192 g/mol. The fraction of sp³-hybridized carbons (Fsp3) is 1.00. The van der Waals surface area contributed by atoms with Gasteiger partial charge in [0.1, 0.15) is 0 Å². The summed E-state index contributed by atoms with van der Waals surface area (Å²) in [7, 11) is 0. The molecule has 0 aromatic carbocycles. The van der Waals surface area contributed by atoms with Gasteiger partial charge in [0.15, 0.2) is 0 Å². The summed E-state index contributed by atoms with van der Waals surface area (Å²) >= 11 is 0. The maximum absolute atomic E-state index is 2.50. The predicted molar refractivity (Wildman–Crippen MR) is 71.3 cm³/mol. The van der Waals surface area contributed by atoms with E-state index in [1.54, 1.807) is 0 Å². The first-order valence-corrected chi connectivity index (χ1v) is 7.50. The highest BCUT2D eigenvalue weighted by molar-refractivity contribution is 4.94. The molecule has 2 aliphatic carbocycles. The second kappa shape index (κ2) is 4.70. The largest absolute Gasteiger partial charge is 0.0625 e. The van der Waals surface area contributed by atoms with Crippen LogP contribution in [0.1, 0.15) is 60.3 Å². The highest BCUT2D eigenvalue weighted by atomic mass is 14.5. The lowest BCUT2D eigenvalue weighted by Crippen LogP contribution is -2.35. The molecule has 0 heterocycles. The molecule has 2 rings (SSSR count). The maximum atomic E-state index is 2.50. The highest BCUT2D eigenvalue weighted by Crippen LogP contribution is 2.53. The molecule has 16 heavy (non-hydrogen) atoms. The van der Waals surface area contributed by atoms with Crippen LogP contribution in [-0.2, 0) is 0 Å². The Morgan fingerprint density at radius 1 is 0.812 bits per heavy atom. The van der Waals surface area contributed by atoms with E-state index in [9.17, 15) is 0 Å². The summed E-state index contributed by atoms with van der Waals surface area (Å²) in [4.78, 5) is 0. The van der Waals surface area contributed by atoms with Gasteiger partial charge in [-0.2, -0.15) is 0 Å². The predicted octanol–water partition coefficient (Wildman–Crippen LogP) is 4.99. The van der Waals surface area contributed by atoms with Crippen LogP contribution in [0.2, 0.25) is 0 Å². The van der Waals surface area contributed by atoms with Gasteiger partial charge in [0.2, 0.25) is 0 Å². The SMILES string of the molecule is CC(C)C1CC(C(C)C)C2CCC(C)C2C1. The van der Waals surface area contributed by atoms with E-state index in [1.165, 1.54) is 25.7 Å². The molecule has 0 nitrogen and oxygen atoms in total. The molecule has 0 saturated heterocycles. The highest BCUT2D eigenvalue weighted by Gasteiger charge is 2.44. The summed E-state index contributed by atoms with van der Waals surface area (Å²) in [6.45, 7) is 12.3. The van der Waals surface area contributed by atoms with Crippen molar-refractivity contribution < 1.29 is 0 Å². The lowest BCUT2D eigenvalue weighted by molar-refractivity contribution is 0.0602. The monoisotopic (exact) mass is 222 g/mol. The average Bonchev–Trinajstić information content (AvgIpc) is 2.59. The minimum Gasteiger partial charge on any atom is -0.0625 e. The molecule has 5 unspecified atom stereocenters. The summed E-state index contributed by atoms with van der Waals surface area (Å²) in [6, 6.07) is 0. The van der Waals surface area contributed by atoms with E-state index in [-0.39, 0.29) is 0 Å². The molecule has 2 saturated carbocycles. The van der Waals surface area contributed by atoms with E-state index in [0.717, 1.165) is 41.4 Å². The third kappa shape index (κ3) is 2.17. The lowest BCUT2D eigenvalue weighted by atomic mass is 9.62. The second-order valence-corrected chi connectivity index (χ2v) is 7.27. The molecular formula is C16H30. The fourth-order valence-corrected chi connectivity index (χ4v) is 4.53. The van der Waals surface area contributed by atoms with Gasteiger partial charge in [-0.3, -0.25) is 0 Å². The minimum atomic E-state index is 0.898. The Hall–Kier alpha value is 0. The van der Waals surface area contributed by atoms with Crippen LogP contribution in [0.5, 0.6) is 0 Å². The topological polar surface area (TPSA) is 0 Å². The Bertz CT molecular complexity index is 228. The summed E-state index contributed by atoms with van der Waals surface area (Å²) in [5.74, 6) is 6.98. The van der Waals surface area contributed by atoms with Crippen molar-refractivity contribution in [1.82, 2.24) is 0 Å². The van der Waals surface area contributed by atoms with Crippen LogP contribution in [0.25, 0.3) is 0 Å². The first-order valence-electron chi connectivity index (χ1n) is 7.50. The number of hydrogen-bond acceptors (Lipinski definition) is 0. The van der Waals surface area contributed by atoms with Crippen molar-refractivity contribution in [3.8, 4) is 0 Å². The van der Waals surface area contributed by atoms with Crippen molar-refractivity contribution in [2.45, 2.75) is 60.3 Å². The Morgan fingerprint density at radius 2 is 1.50 bits per heavy atom. The van der Waals surface area contributed by atoms with Gasteiger partial charge in [0.25, 0.3) is 0 Å². The van der Waals surface area contributed by atoms with Crippen molar-refractivity contribution in [1.29, 1.82) is 0 Å². The van der Waals surface area contributed by atoms with Crippen LogP contribution in [0.4, 0.5) is 0 Å². The summed E-state index contributed by atoms with van der Waals surface area (Å²) in [5, 5.41) is 0. The third-order valence-electron chi connectivity index (χ3n) is 5.74. The molecule has 2 aliphatic rings. The van der Waals surface area contributed by atoms with E-state index < -0.39 is 0 Å². The van der Waals surface area contributed by atoms with Crippen LogP contribution in [0.15, 0.2) is 0 Å². The van der Waals surface area contributed by atoms with E-state index in [4.69, 9.17) is 0 Å². The van der Waals surface area contributed by atoms with Crippen LogP contribution in [-0.4, -0.2) is 0 Å². The summed E-state index contributed by atoms with van der Waals surface area (Å²) in [6.07, 6.45) is 6.08. The van der Waals surface area contributed by atoms with Gasteiger partial charge in [0.05, 0.1) is 0 Å². The Kier molecular flexibility index (Phi) is 3.66.